The molecule has 4 nitrogen and oxygen atoms in total. The maximum absolute atomic E-state index is 11.5. The first-order valence-corrected chi connectivity index (χ1v) is 6.29. The molecule has 1 aromatic heterocycles. The Labute approximate surface area is 107 Å². The second-order valence-corrected chi connectivity index (χ2v) is 5.26. The van der Waals surface area contributed by atoms with Crippen molar-refractivity contribution in [2.24, 2.45) is 0 Å². The highest BCUT2D eigenvalue weighted by Gasteiger charge is 2.36. The van der Waals surface area contributed by atoms with E-state index < -0.39 is 5.54 Å². The van der Waals surface area contributed by atoms with Crippen molar-refractivity contribution in [1.82, 2.24) is 9.47 Å². The fourth-order valence-electron chi connectivity index (χ4n) is 2.91. The topological polar surface area (TPSA) is 49.0 Å². The Morgan fingerprint density at radius 3 is 2.17 bits per heavy atom. The molecule has 96 valence electrons. The Morgan fingerprint density at radius 2 is 1.72 bits per heavy atom. The standard InChI is InChI=1S/C14H19N3O/c1-11-8-13(18)9-12(2)17(11)14(10-15)4-6-16(3)7-5-14/h8-9H,4-7H2,1-3H3. The lowest BCUT2D eigenvalue weighted by molar-refractivity contribution is 0.170. The third-order valence-electron chi connectivity index (χ3n) is 3.86. The van der Waals surface area contributed by atoms with E-state index >= 15 is 0 Å². The molecular formula is C14H19N3O. The largest absolute Gasteiger partial charge is 0.330 e. The van der Waals surface area contributed by atoms with Crippen LogP contribution in [0.5, 0.6) is 0 Å². The van der Waals surface area contributed by atoms with E-state index in [2.05, 4.69) is 18.0 Å². The van der Waals surface area contributed by atoms with Crippen molar-refractivity contribution in [3.63, 3.8) is 0 Å². The molecule has 0 aliphatic carbocycles. The molecule has 4 heteroatoms. The predicted octanol–water partition coefficient (Wildman–Crippen LogP) is 1.41. The highest BCUT2D eigenvalue weighted by Crippen LogP contribution is 2.31. The first kappa shape index (κ1) is 12.8. The lowest BCUT2D eigenvalue weighted by Crippen LogP contribution is -2.45. The van der Waals surface area contributed by atoms with Gasteiger partial charge in [-0.3, -0.25) is 4.79 Å². The summed E-state index contributed by atoms with van der Waals surface area (Å²) in [5.74, 6) is 0. The van der Waals surface area contributed by atoms with Gasteiger partial charge in [-0.1, -0.05) is 0 Å². The number of pyridine rings is 1. The average molecular weight is 245 g/mol. The van der Waals surface area contributed by atoms with Crippen molar-refractivity contribution in [2.45, 2.75) is 32.2 Å². The normalized spacial score (nSPS) is 19.4. The van der Waals surface area contributed by atoms with Gasteiger partial charge in [0, 0.05) is 36.6 Å². The Bertz CT molecular complexity index is 519. The van der Waals surface area contributed by atoms with E-state index in [1.54, 1.807) is 12.1 Å². The molecule has 1 aromatic rings. The average Bonchev–Trinajstić information content (AvgIpc) is 2.30. The van der Waals surface area contributed by atoms with Gasteiger partial charge in [-0.25, -0.2) is 0 Å². The molecule has 0 radical (unpaired) electrons. The number of nitriles is 1. The molecular weight excluding hydrogens is 226 g/mol. The third kappa shape index (κ3) is 2.06. The number of hydrogen-bond donors (Lipinski definition) is 0. The van der Waals surface area contributed by atoms with Crippen LogP contribution in [0.25, 0.3) is 0 Å². The van der Waals surface area contributed by atoms with E-state index in [1.165, 1.54) is 0 Å². The van der Waals surface area contributed by atoms with Crippen LogP contribution in [0.1, 0.15) is 24.2 Å². The van der Waals surface area contributed by atoms with Crippen molar-refractivity contribution in [2.75, 3.05) is 20.1 Å². The van der Waals surface area contributed by atoms with Gasteiger partial charge in [0.25, 0.3) is 0 Å². The van der Waals surface area contributed by atoms with Crippen molar-refractivity contribution < 1.29 is 0 Å². The van der Waals surface area contributed by atoms with E-state index in [-0.39, 0.29) is 5.43 Å². The Kier molecular flexibility index (Phi) is 3.27. The zero-order chi connectivity index (χ0) is 13.3. The number of nitrogens with zero attached hydrogens (tertiary/aromatic N) is 3. The fourth-order valence-corrected chi connectivity index (χ4v) is 2.91. The SMILES string of the molecule is Cc1cc(=O)cc(C)n1C1(C#N)CCN(C)CC1. The van der Waals surface area contributed by atoms with Crippen LogP contribution in [-0.4, -0.2) is 29.6 Å². The lowest BCUT2D eigenvalue weighted by Gasteiger charge is -2.39. The van der Waals surface area contributed by atoms with Gasteiger partial charge in [0.15, 0.2) is 5.43 Å². The Morgan fingerprint density at radius 1 is 1.22 bits per heavy atom. The second kappa shape index (κ2) is 4.58. The van der Waals surface area contributed by atoms with Crippen molar-refractivity contribution in [1.29, 1.82) is 5.26 Å². The van der Waals surface area contributed by atoms with E-state index in [0.717, 1.165) is 37.3 Å². The summed E-state index contributed by atoms with van der Waals surface area (Å²) < 4.78 is 2.04. The zero-order valence-electron chi connectivity index (χ0n) is 11.2. The van der Waals surface area contributed by atoms with E-state index in [9.17, 15) is 10.1 Å². The molecule has 0 N–H and O–H groups in total. The first-order valence-electron chi connectivity index (χ1n) is 6.29. The number of aromatic nitrogens is 1. The van der Waals surface area contributed by atoms with Gasteiger partial charge in [0.2, 0.25) is 0 Å². The maximum atomic E-state index is 11.5. The number of aryl methyl sites for hydroxylation is 2. The van der Waals surface area contributed by atoms with Crippen LogP contribution in [0, 0.1) is 25.2 Å². The van der Waals surface area contributed by atoms with Crippen LogP contribution < -0.4 is 5.43 Å². The number of rotatable bonds is 1. The van der Waals surface area contributed by atoms with Gasteiger partial charge in [-0.15, -0.1) is 0 Å². The molecule has 18 heavy (non-hydrogen) atoms. The number of hydrogen-bond acceptors (Lipinski definition) is 3. The zero-order valence-corrected chi connectivity index (χ0v) is 11.2. The lowest BCUT2D eigenvalue weighted by atomic mass is 9.87. The molecule has 0 aromatic carbocycles. The van der Waals surface area contributed by atoms with E-state index in [1.807, 2.05) is 18.4 Å². The van der Waals surface area contributed by atoms with Gasteiger partial charge in [0.05, 0.1) is 6.07 Å². The third-order valence-corrected chi connectivity index (χ3v) is 3.86. The molecule has 0 bridgehead atoms. The van der Waals surface area contributed by atoms with Gasteiger partial charge in [-0.2, -0.15) is 5.26 Å². The van der Waals surface area contributed by atoms with Crippen LogP contribution in [0.2, 0.25) is 0 Å². The van der Waals surface area contributed by atoms with Crippen LogP contribution in [0.4, 0.5) is 0 Å². The molecule has 1 aliphatic rings. The summed E-state index contributed by atoms with van der Waals surface area (Å²) in [6.07, 6.45) is 1.62. The van der Waals surface area contributed by atoms with Crippen LogP contribution in [0.15, 0.2) is 16.9 Å². The minimum absolute atomic E-state index is 0.0160. The molecule has 2 rings (SSSR count). The molecule has 0 atom stereocenters. The summed E-state index contributed by atoms with van der Waals surface area (Å²) in [6, 6.07) is 5.72. The molecule has 1 fully saturated rings. The second-order valence-electron chi connectivity index (χ2n) is 5.26. The van der Waals surface area contributed by atoms with Crippen LogP contribution >= 0.6 is 0 Å². The van der Waals surface area contributed by atoms with Crippen molar-refractivity contribution >= 4 is 0 Å². The van der Waals surface area contributed by atoms with Gasteiger partial charge < -0.3 is 9.47 Å². The number of piperidine rings is 1. The van der Waals surface area contributed by atoms with Crippen LogP contribution in [-0.2, 0) is 5.54 Å². The summed E-state index contributed by atoms with van der Waals surface area (Å²) in [7, 11) is 2.08. The summed E-state index contributed by atoms with van der Waals surface area (Å²) >= 11 is 0. The Balaban J connectivity index is 2.53. The van der Waals surface area contributed by atoms with E-state index in [4.69, 9.17) is 0 Å². The monoisotopic (exact) mass is 245 g/mol. The molecule has 1 aliphatic heterocycles. The minimum atomic E-state index is -0.492. The first-order chi connectivity index (χ1) is 8.48. The summed E-state index contributed by atoms with van der Waals surface area (Å²) in [5.41, 5.74) is 1.29. The molecule has 2 heterocycles. The smallest absolute Gasteiger partial charge is 0.182 e. The van der Waals surface area contributed by atoms with E-state index in [0.29, 0.717) is 0 Å². The van der Waals surface area contributed by atoms with Gasteiger partial charge in [0.1, 0.15) is 5.54 Å². The predicted molar refractivity (Wildman–Crippen MR) is 70.5 cm³/mol. The quantitative estimate of drug-likeness (QED) is 0.751. The number of likely N-dealkylation sites (tertiary alicyclic amines) is 1. The molecule has 1 saturated heterocycles. The Hall–Kier alpha value is -1.60. The highest BCUT2D eigenvalue weighted by molar-refractivity contribution is 5.21. The molecule has 0 saturated carbocycles. The van der Waals surface area contributed by atoms with Crippen LogP contribution in [0.3, 0.4) is 0 Å². The van der Waals surface area contributed by atoms with Crippen molar-refractivity contribution in [3.8, 4) is 6.07 Å². The minimum Gasteiger partial charge on any atom is -0.330 e. The molecule has 0 unspecified atom stereocenters. The van der Waals surface area contributed by atoms with Gasteiger partial charge >= 0.3 is 0 Å². The summed E-state index contributed by atoms with van der Waals surface area (Å²) in [4.78, 5) is 13.7. The molecule has 0 amide bonds. The summed E-state index contributed by atoms with van der Waals surface area (Å²) in [6.45, 7) is 5.65. The fraction of sp³-hybridized carbons (Fsp3) is 0.571. The highest BCUT2D eigenvalue weighted by atomic mass is 16.1. The molecule has 0 spiro atoms. The maximum Gasteiger partial charge on any atom is 0.182 e. The summed E-state index contributed by atoms with van der Waals surface area (Å²) in [5, 5.41) is 9.63. The van der Waals surface area contributed by atoms with Crippen molar-refractivity contribution in [3.05, 3.63) is 33.7 Å². The van der Waals surface area contributed by atoms with Gasteiger partial charge in [-0.05, 0) is 33.7 Å².